The summed E-state index contributed by atoms with van der Waals surface area (Å²) in [7, 11) is 0. The summed E-state index contributed by atoms with van der Waals surface area (Å²) < 4.78 is 11.2. The Bertz CT molecular complexity index is 336. The van der Waals surface area contributed by atoms with E-state index in [-0.39, 0.29) is 6.29 Å². The van der Waals surface area contributed by atoms with Crippen LogP contribution in [-0.2, 0) is 9.47 Å². The lowest BCUT2D eigenvalue weighted by molar-refractivity contribution is -0.239. The summed E-state index contributed by atoms with van der Waals surface area (Å²) in [5.41, 5.74) is 1.17. The quantitative estimate of drug-likeness (QED) is 0.789. The molecule has 0 radical (unpaired) electrons. The van der Waals surface area contributed by atoms with E-state index in [0.717, 1.165) is 19.3 Å². The van der Waals surface area contributed by atoms with Crippen LogP contribution in [-0.4, -0.2) is 18.5 Å². The van der Waals surface area contributed by atoms with Crippen molar-refractivity contribution in [2.75, 3.05) is 0 Å². The third kappa shape index (κ3) is 6.04. The van der Waals surface area contributed by atoms with Crippen molar-refractivity contribution in [1.29, 1.82) is 0 Å². The molecule has 1 aromatic rings. The van der Waals surface area contributed by atoms with E-state index in [1.807, 2.05) is 36.4 Å². The Morgan fingerprint density at radius 1 is 1.16 bits per heavy atom. The van der Waals surface area contributed by atoms with Crippen LogP contribution in [0.15, 0.2) is 36.9 Å². The normalized spacial score (nSPS) is 26.2. The highest BCUT2D eigenvalue weighted by atomic mass is 16.7. The first-order valence-electron chi connectivity index (χ1n) is 7.17. The van der Waals surface area contributed by atoms with E-state index in [9.17, 15) is 0 Å². The van der Waals surface area contributed by atoms with Gasteiger partial charge in [-0.05, 0) is 31.7 Å². The first-order chi connectivity index (χ1) is 9.19. The third-order valence-corrected chi connectivity index (χ3v) is 3.15. The molecule has 1 aliphatic heterocycles. The molecule has 2 rings (SSSR count). The molecule has 2 nitrogen and oxygen atoms in total. The van der Waals surface area contributed by atoms with Crippen molar-refractivity contribution in [3.05, 3.63) is 42.5 Å². The Kier molecular flexibility index (Phi) is 7.46. The van der Waals surface area contributed by atoms with Gasteiger partial charge in [-0.1, -0.05) is 56.8 Å². The summed E-state index contributed by atoms with van der Waals surface area (Å²) in [4.78, 5) is 0. The number of benzene rings is 1. The summed E-state index contributed by atoms with van der Waals surface area (Å²) in [6.07, 6.45) is 5.78. The van der Waals surface area contributed by atoms with Crippen LogP contribution in [0.4, 0.5) is 0 Å². The van der Waals surface area contributed by atoms with E-state index in [4.69, 9.17) is 9.47 Å². The molecule has 0 spiro atoms. The lowest BCUT2D eigenvalue weighted by Crippen LogP contribution is -2.36. The molecule has 3 unspecified atom stereocenters. The van der Waals surface area contributed by atoms with Gasteiger partial charge in [0.05, 0.1) is 12.2 Å². The molecular weight excluding hydrogens is 236 g/mol. The van der Waals surface area contributed by atoms with Crippen LogP contribution in [0.3, 0.4) is 0 Å². The zero-order chi connectivity index (χ0) is 14.1. The topological polar surface area (TPSA) is 18.5 Å². The summed E-state index contributed by atoms with van der Waals surface area (Å²) in [5.74, 6) is 0. The maximum atomic E-state index is 5.63. The molecule has 1 saturated heterocycles. The predicted octanol–water partition coefficient (Wildman–Crippen LogP) is 4.66. The fraction of sp³-hybridized carbons (Fsp3) is 0.529. The van der Waals surface area contributed by atoms with Gasteiger partial charge in [0.25, 0.3) is 0 Å². The van der Waals surface area contributed by atoms with Gasteiger partial charge in [0, 0.05) is 0 Å². The molecular formula is C17H26O2. The molecule has 1 fully saturated rings. The predicted molar refractivity (Wildman–Crippen MR) is 80.9 cm³/mol. The van der Waals surface area contributed by atoms with E-state index in [2.05, 4.69) is 27.4 Å². The van der Waals surface area contributed by atoms with Gasteiger partial charge in [-0.2, -0.15) is 0 Å². The number of ether oxygens (including phenoxy) is 2. The average Bonchev–Trinajstić information content (AvgIpc) is 2.48. The fourth-order valence-corrected chi connectivity index (χ4v) is 2.03. The van der Waals surface area contributed by atoms with E-state index in [0.29, 0.717) is 12.2 Å². The van der Waals surface area contributed by atoms with Crippen LogP contribution in [0.2, 0.25) is 0 Å². The number of rotatable bonds is 3. The molecule has 2 heteroatoms. The molecule has 0 bridgehead atoms. The molecule has 1 aromatic carbocycles. The summed E-state index contributed by atoms with van der Waals surface area (Å²) in [6.45, 7) is 10.0. The molecule has 0 N–H and O–H groups in total. The second kappa shape index (κ2) is 8.89. The van der Waals surface area contributed by atoms with Gasteiger partial charge < -0.3 is 9.47 Å². The van der Waals surface area contributed by atoms with Gasteiger partial charge in [-0.15, -0.1) is 0 Å². The van der Waals surface area contributed by atoms with Gasteiger partial charge in [0.2, 0.25) is 0 Å². The molecule has 0 aromatic heterocycles. The first kappa shape index (κ1) is 15.9. The van der Waals surface area contributed by atoms with Crippen LogP contribution >= 0.6 is 0 Å². The minimum atomic E-state index is 0.0451. The lowest BCUT2D eigenvalue weighted by Gasteiger charge is -2.33. The number of hydrogen-bond acceptors (Lipinski definition) is 2. The van der Waals surface area contributed by atoms with Gasteiger partial charge in [0.1, 0.15) is 0 Å². The Balaban J connectivity index is 0.000000200. The largest absolute Gasteiger partial charge is 0.350 e. The highest BCUT2D eigenvalue weighted by Crippen LogP contribution is 2.21. The average molecular weight is 262 g/mol. The molecule has 1 aliphatic rings. The van der Waals surface area contributed by atoms with E-state index >= 15 is 0 Å². The summed E-state index contributed by atoms with van der Waals surface area (Å²) in [6, 6.07) is 10.0. The highest BCUT2D eigenvalue weighted by Gasteiger charge is 2.24. The Morgan fingerprint density at radius 3 is 2.32 bits per heavy atom. The van der Waals surface area contributed by atoms with Crippen molar-refractivity contribution in [3.8, 4) is 0 Å². The Labute approximate surface area is 117 Å². The molecule has 3 atom stereocenters. The van der Waals surface area contributed by atoms with Crippen LogP contribution in [0.25, 0.3) is 6.08 Å². The molecule has 19 heavy (non-hydrogen) atoms. The van der Waals surface area contributed by atoms with Crippen molar-refractivity contribution in [2.45, 2.75) is 58.5 Å². The molecule has 0 amide bonds. The molecule has 1 heterocycles. The van der Waals surface area contributed by atoms with Crippen molar-refractivity contribution in [2.24, 2.45) is 0 Å². The molecule has 0 aliphatic carbocycles. The highest BCUT2D eigenvalue weighted by molar-refractivity contribution is 5.45. The van der Waals surface area contributed by atoms with Gasteiger partial charge >= 0.3 is 0 Å². The second-order valence-electron chi connectivity index (χ2n) is 4.80. The zero-order valence-corrected chi connectivity index (χ0v) is 12.3. The van der Waals surface area contributed by atoms with Crippen molar-refractivity contribution < 1.29 is 9.47 Å². The van der Waals surface area contributed by atoms with Gasteiger partial charge in [0.15, 0.2) is 6.29 Å². The van der Waals surface area contributed by atoms with Crippen LogP contribution < -0.4 is 0 Å². The minimum Gasteiger partial charge on any atom is -0.350 e. The smallest absolute Gasteiger partial charge is 0.158 e. The Hall–Kier alpha value is -1.12. The van der Waals surface area contributed by atoms with Crippen molar-refractivity contribution in [3.63, 3.8) is 0 Å². The van der Waals surface area contributed by atoms with Crippen molar-refractivity contribution >= 4 is 6.08 Å². The second-order valence-corrected chi connectivity index (χ2v) is 4.80. The third-order valence-electron chi connectivity index (χ3n) is 3.15. The van der Waals surface area contributed by atoms with Crippen molar-refractivity contribution in [1.82, 2.24) is 0 Å². The van der Waals surface area contributed by atoms with Gasteiger partial charge in [-0.3, -0.25) is 0 Å². The molecule has 106 valence electrons. The zero-order valence-electron chi connectivity index (χ0n) is 12.3. The monoisotopic (exact) mass is 262 g/mol. The number of hydrogen-bond donors (Lipinski definition) is 0. The first-order valence-corrected chi connectivity index (χ1v) is 7.17. The minimum absolute atomic E-state index is 0.0451. The standard InChI is InChI=1S/C9H18O2.C8H8/c1-4-8-6-7(3)10-9(5-2)11-8;1-2-8-6-4-3-5-7-8/h7-9H,4-6H2,1-3H3;2-7H,1H2. The summed E-state index contributed by atoms with van der Waals surface area (Å²) in [5, 5.41) is 0. The van der Waals surface area contributed by atoms with Crippen LogP contribution in [0.5, 0.6) is 0 Å². The van der Waals surface area contributed by atoms with Gasteiger partial charge in [-0.25, -0.2) is 0 Å². The maximum Gasteiger partial charge on any atom is 0.158 e. The van der Waals surface area contributed by atoms with Crippen LogP contribution in [0.1, 0.15) is 45.6 Å². The van der Waals surface area contributed by atoms with E-state index in [1.54, 1.807) is 0 Å². The summed E-state index contributed by atoms with van der Waals surface area (Å²) >= 11 is 0. The van der Waals surface area contributed by atoms with E-state index in [1.165, 1.54) is 5.56 Å². The Morgan fingerprint density at radius 2 is 1.84 bits per heavy atom. The van der Waals surface area contributed by atoms with Crippen LogP contribution in [0, 0.1) is 0 Å². The lowest BCUT2D eigenvalue weighted by atomic mass is 10.1. The maximum absolute atomic E-state index is 5.63. The molecule has 0 saturated carbocycles. The fourth-order valence-electron chi connectivity index (χ4n) is 2.03. The SMILES string of the molecule is C=Cc1ccccc1.CCC1CC(C)OC(CC)O1. The van der Waals surface area contributed by atoms with E-state index < -0.39 is 0 Å².